The van der Waals surface area contributed by atoms with E-state index in [-0.39, 0.29) is 17.1 Å². The third kappa shape index (κ3) is 2.85. The lowest BCUT2D eigenvalue weighted by Gasteiger charge is -2.39. The first kappa shape index (κ1) is 13.8. The van der Waals surface area contributed by atoms with Crippen molar-refractivity contribution in [2.75, 3.05) is 5.32 Å². The van der Waals surface area contributed by atoms with Crippen LogP contribution in [0.5, 0.6) is 0 Å². The molecule has 1 N–H and O–H groups in total. The maximum atomic E-state index is 13.6. The zero-order chi connectivity index (χ0) is 14.0. The summed E-state index contributed by atoms with van der Waals surface area (Å²) in [7, 11) is 0. The maximum absolute atomic E-state index is 13.6. The topological polar surface area (TPSA) is 55.2 Å². The van der Waals surface area contributed by atoms with Gasteiger partial charge in [-0.05, 0) is 30.4 Å². The van der Waals surface area contributed by atoms with E-state index in [2.05, 4.69) is 19.2 Å². The molecular weight excluding hydrogens is 247 g/mol. The van der Waals surface area contributed by atoms with Crippen LogP contribution in [0.3, 0.4) is 0 Å². The Morgan fingerprint density at radius 3 is 2.79 bits per heavy atom. The van der Waals surface area contributed by atoms with Gasteiger partial charge >= 0.3 is 5.69 Å². The molecule has 4 nitrogen and oxygen atoms in total. The Hall–Kier alpha value is -1.65. The number of nitrogens with one attached hydrogen (secondary N) is 1. The standard InChI is InChI=1S/C14H19FN2O2/c1-14(2)9-4-3-8-12(14)16-11-7-5-6-10(15)13(11)17(18)19/h5-7,12,16H,3-4,8-9H2,1-2H3. The van der Waals surface area contributed by atoms with Crippen molar-refractivity contribution >= 4 is 11.4 Å². The molecular formula is C14H19FN2O2. The molecule has 0 spiro atoms. The number of nitro benzene ring substituents is 1. The van der Waals surface area contributed by atoms with Crippen LogP contribution in [-0.2, 0) is 0 Å². The maximum Gasteiger partial charge on any atom is 0.327 e. The Morgan fingerprint density at radius 2 is 2.16 bits per heavy atom. The normalized spacial score (nSPS) is 21.9. The van der Waals surface area contributed by atoms with Crippen LogP contribution in [0.1, 0.15) is 39.5 Å². The number of hydrogen-bond acceptors (Lipinski definition) is 3. The van der Waals surface area contributed by atoms with Crippen molar-refractivity contribution in [1.29, 1.82) is 0 Å². The van der Waals surface area contributed by atoms with Crippen LogP contribution in [0.2, 0.25) is 0 Å². The number of benzene rings is 1. The molecule has 104 valence electrons. The fourth-order valence-corrected chi connectivity index (χ4v) is 2.77. The van der Waals surface area contributed by atoms with E-state index in [1.54, 1.807) is 6.07 Å². The van der Waals surface area contributed by atoms with Gasteiger partial charge < -0.3 is 5.32 Å². The van der Waals surface area contributed by atoms with Gasteiger partial charge in [-0.1, -0.05) is 32.8 Å². The van der Waals surface area contributed by atoms with Crippen LogP contribution in [0, 0.1) is 21.3 Å². The van der Waals surface area contributed by atoms with E-state index in [0.29, 0.717) is 0 Å². The van der Waals surface area contributed by atoms with E-state index >= 15 is 0 Å². The summed E-state index contributed by atoms with van der Waals surface area (Å²) >= 11 is 0. The van der Waals surface area contributed by atoms with Crippen LogP contribution in [-0.4, -0.2) is 11.0 Å². The molecule has 1 aliphatic rings. The molecule has 1 saturated carbocycles. The lowest BCUT2D eigenvalue weighted by Crippen LogP contribution is -2.39. The first-order valence-electron chi connectivity index (χ1n) is 6.61. The number of halogens is 1. The zero-order valence-corrected chi connectivity index (χ0v) is 11.3. The quantitative estimate of drug-likeness (QED) is 0.661. The van der Waals surface area contributed by atoms with Gasteiger partial charge in [-0.3, -0.25) is 10.1 Å². The number of rotatable bonds is 3. The molecule has 0 aliphatic heterocycles. The molecule has 0 saturated heterocycles. The van der Waals surface area contributed by atoms with Crippen LogP contribution in [0.4, 0.5) is 15.8 Å². The smallest absolute Gasteiger partial charge is 0.327 e. The second kappa shape index (κ2) is 5.15. The van der Waals surface area contributed by atoms with Gasteiger partial charge in [-0.25, -0.2) is 0 Å². The highest BCUT2D eigenvalue weighted by Gasteiger charge is 2.33. The lowest BCUT2D eigenvalue weighted by atomic mass is 9.73. The number of nitro groups is 1. The zero-order valence-electron chi connectivity index (χ0n) is 11.3. The summed E-state index contributed by atoms with van der Waals surface area (Å²) in [5.41, 5.74) is -0.104. The highest BCUT2D eigenvalue weighted by atomic mass is 19.1. The Kier molecular flexibility index (Phi) is 3.73. The molecule has 19 heavy (non-hydrogen) atoms. The van der Waals surface area contributed by atoms with Crippen molar-refractivity contribution in [3.63, 3.8) is 0 Å². The average molecular weight is 266 g/mol. The summed E-state index contributed by atoms with van der Waals surface area (Å²) in [4.78, 5) is 10.3. The van der Waals surface area contributed by atoms with E-state index in [1.807, 2.05) is 0 Å². The second-order valence-electron chi connectivity index (χ2n) is 5.82. The number of anilines is 1. The van der Waals surface area contributed by atoms with Gasteiger partial charge in [0.05, 0.1) is 4.92 Å². The molecule has 1 fully saturated rings. The fraction of sp³-hybridized carbons (Fsp3) is 0.571. The summed E-state index contributed by atoms with van der Waals surface area (Å²) in [6.45, 7) is 4.30. The highest BCUT2D eigenvalue weighted by molar-refractivity contribution is 5.62. The van der Waals surface area contributed by atoms with Crippen LogP contribution < -0.4 is 5.32 Å². The molecule has 2 rings (SSSR count). The third-order valence-electron chi connectivity index (χ3n) is 4.01. The molecule has 0 radical (unpaired) electrons. The molecule has 0 bridgehead atoms. The summed E-state index contributed by atoms with van der Waals surface area (Å²) < 4.78 is 13.6. The van der Waals surface area contributed by atoms with Crippen molar-refractivity contribution in [3.05, 3.63) is 34.1 Å². The van der Waals surface area contributed by atoms with Crippen LogP contribution in [0.25, 0.3) is 0 Å². The van der Waals surface area contributed by atoms with Crippen molar-refractivity contribution in [3.8, 4) is 0 Å². The summed E-state index contributed by atoms with van der Waals surface area (Å²) in [6, 6.07) is 4.34. The van der Waals surface area contributed by atoms with Gasteiger partial charge in [-0.15, -0.1) is 0 Å². The van der Waals surface area contributed by atoms with Gasteiger partial charge in [0.15, 0.2) is 0 Å². The number of hydrogen-bond donors (Lipinski definition) is 1. The molecule has 0 heterocycles. The van der Waals surface area contributed by atoms with Gasteiger partial charge in [0, 0.05) is 6.04 Å². The molecule has 1 atom stereocenters. The number of para-hydroxylation sites is 1. The Bertz CT molecular complexity index is 488. The summed E-state index contributed by atoms with van der Waals surface area (Å²) in [5, 5.41) is 14.2. The third-order valence-corrected chi connectivity index (χ3v) is 4.01. The Morgan fingerprint density at radius 1 is 1.42 bits per heavy atom. The molecule has 0 amide bonds. The molecule has 1 aromatic carbocycles. The highest BCUT2D eigenvalue weighted by Crippen LogP contribution is 2.39. The van der Waals surface area contributed by atoms with Gasteiger partial charge in [0.1, 0.15) is 5.69 Å². The lowest BCUT2D eigenvalue weighted by molar-refractivity contribution is -0.386. The largest absolute Gasteiger partial charge is 0.376 e. The van der Waals surface area contributed by atoms with Crippen LogP contribution in [0.15, 0.2) is 18.2 Å². The first-order chi connectivity index (χ1) is 8.92. The van der Waals surface area contributed by atoms with Crippen molar-refractivity contribution < 1.29 is 9.31 Å². The SMILES string of the molecule is CC1(C)CCCCC1Nc1cccc(F)c1[N+](=O)[O-]. The Labute approximate surface area is 112 Å². The second-order valence-corrected chi connectivity index (χ2v) is 5.82. The first-order valence-corrected chi connectivity index (χ1v) is 6.61. The summed E-state index contributed by atoms with van der Waals surface area (Å²) in [6.07, 6.45) is 4.31. The van der Waals surface area contributed by atoms with E-state index in [1.165, 1.54) is 12.5 Å². The van der Waals surface area contributed by atoms with Gasteiger partial charge in [0.2, 0.25) is 5.82 Å². The van der Waals surface area contributed by atoms with Crippen molar-refractivity contribution in [2.24, 2.45) is 5.41 Å². The predicted molar refractivity (Wildman–Crippen MR) is 72.7 cm³/mol. The molecule has 0 aromatic heterocycles. The van der Waals surface area contributed by atoms with E-state index in [9.17, 15) is 14.5 Å². The van der Waals surface area contributed by atoms with Crippen LogP contribution >= 0.6 is 0 Å². The molecule has 5 heteroatoms. The predicted octanol–water partition coefficient (Wildman–Crippen LogP) is 4.11. The monoisotopic (exact) mass is 266 g/mol. The van der Waals surface area contributed by atoms with E-state index in [4.69, 9.17) is 0 Å². The Balaban J connectivity index is 2.28. The van der Waals surface area contributed by atoms with Gasteiger partial charge in [-0.2, -0.15) is 4.39 Å². The minimum Gasteiger partial charge on any atom is -0.376 e. The minimum atomic E-state index is -0.788. The van der Waals surface area contributed by atoms with Crippen molar-refractivity contribution in [1.82, 2.24) is 0 Å². The van der Waals surface area contributed by atoms with E-state index < -0.39 is 16.4 Å². The molecule has 1 unspecified atom stereocenters. The summed E-state index contributed by atoms with van der Waals surface area (Å²) in [5.74, 6) is -0.788. The minimum absolute atomic E-state index is 0.0679. The average Bonchev–Trinajstić information content (AvgIpc) is 2.31. The van der Waals surface area contributed by atoms with E-state index in [0.717, 1.165) is 25.3 Å². The van der Waals surface area contributed by atoms with Gasteiger partial charge in [0.25, 0.3) is 0 Å². The van der Waals surface area contributed by atoms with Crippen molar-refractivity contribution in [2.45, 2.75) is 45.6 Å². The molecule has 1 aromatic rings. The number of nitrogens with zero attached hydrogens (tertiary/aromatic N) is 1. The fourth-order valence-electron chi connectivity index (χ4n) is 2.77. The molecule has 1 aliphatic carbocycles.